The highest BCUT2D eigenvalue weighted by Gasteiger charge is 2.36. The van der Waals surface area contributed by atoms with Gasteiger partial charge in [-0.3, -0.25) is 0 Å². The zero-order valence-corrected chi connectivity index (χ0v) is 13.6. The molecule has 2 saturated heterocycles. The van der Waals surface area contributed by atoms with Gasteiger partial charge in [0.05, 0.1) is 24.4 Å². The molecule has 0 aromatic carbocycles. The molecule has 118 valence electrons. The fourth-order valence-corrected chi connectivity index (χ4v) is 3.34. The molecule has 0 aromatic heterocycles. The maximum Gasteiger partial charge on any atom is 0.0841 e. The quantitative estimate of drug-likeness (QED) is 0.341. The minimum absolute atomic E-state index is 0.608. The van der Waals surface area contributed by atoms with E-state index >= 15 is 0 Å². The Hall–Kier alpha value is -0.0800. The molecule has 4 unspecified atom stereocenters. The number of rotatable bonds is 13. The summed E-state index contributed by atoms with van der Waals surface area (Å²) in [7, 11) is 0. The summed E-state index contributed by atoms with van der Waals surface area (Å²) in [6.45, 7) is 4.47. The lowest BCUT2D eigenvalue weighted by atomic mass is 10.0. The Bertz CT molecular complexity index is 254. The molecule has 0 radical (unpaired) electrons. The fourth-order valence-electron chi connectivity index (χ4n) is 3.34. The summed E-state index contributed by atoms with van der Waals surface area (Å²) < 4.78 is 11.2. The molecule has 2 heteroatoms. The van der Waals surface area contributed by atoms with Crippen molar-refractivity contribution >= 4 is 0 Å². The van der Waals surface area contributed by atoms with Crippen molar-refractivity contribution in [2.75, 3.05) is 0 Å². The highest BCUT2D eigenvalue weighted by Crippen LogP contribution is 2.31. The van der Waals surface area contributed by atoms with Gasteiger partial charge in [0.1, 0.15) is 0 Å². The van der Waals surface area contributed by atoms with Gasteiger partial charge in [0, 0.05) is 0 Å². The largest absolute Gasteiger partial charge is 0.370 e. The lowest BCUT2D eigenvalue weighted by Gasteiger charge is -2.01. The van der Waals surface area contributed by atoms with Crippen LogP contribution in [0.15, 0.2) is 0 Å². The van der Waals surface area contributed by atoms with Crippen molar-refractivity contribution in [2.24, 2.45) is 0 Å². The average molecular weight is 282 g/mol. The van der Waals surface area contributed by atoms with E-state index in [1.807, 2.05) is 0 Å². The molecular formula is C18H34O2. The summed E-state index contributed by atoms with van der Waals surface area (Å²) in [6.07, 6.45) is 18.6. The average Bonchev–Trinajstić information content (AvgIpc) is 3.34. The molecule has 2 fully saturated rings. The second-order valence-corrected chi connectivity index (χ2v) is 6.68. The number of hydrogen-bond acceptors (Lipinski definition) is 2. The molecule has 0 aliphatic carbocycles. The first-order valence-electron chi connectivity index (χ1n) is 9.16. The molecule has 4 atom stereocenters. The Morgan fingerprint density at radius 3 is 1.50 bits per heavy atom. The van der Waals surface area contributed by atoms with Crippen molar-refractivity contribution in [3.05, 3.63) is 0 Å². The predicted octanol–water partition coefficient (Wildman–Crippen LogP) is 5.24. The summed E-state index contributed by atoms with van der Waals surface area (Å²) in [5.41, 5.74) is 0. The van der Waals surface area contributed by atoms with Gasteiger partial charge in [0.25, 0.3) is 0 Å². The molecule has 0 N–H and O–H groups in total. The Morgan fingerprint density at radius 2 is 1.00 bits per heavy atom. The van der Waals surface area contributed by atoms with Crippen LogP contribution < -0.4 is 0 Å². The van der Waals surface area contributed by atoms with Crippen LogP contribution in [-0.2, 0) is 9.47 Å². The lowest BCUT2D eigenvalue weighted by molar-refractivity contribution is 0.350. The van der Waals surface area contributed by atoms with Gasteiger partial charge >= 0.3 is 0 Å². The number of hydrogen-bond donors (Lipinski definition) is 0. The first-order valence-corrected chi connectivity index (χ1v) is 9.16. The molecule has 2 heterocycles. The monoisotopic (exact) mass is 282 g/mol. The Labute approximate surface area is 125 Å². The maximum atomic E-state index is 5.65. The molecule has 0 amide bonds. The molecule has 2 rings (SSSR count). The van der Waals surface area contributed by atoms with Gasteiger partial charge in [-0.2, -0.15) is 0 Å². The minimum Gasteiger partial charge on any atom is -0.370 e. The van der Waals surface area contributed by atoms with Crippen molar-refractivity contribution in [1.29, 1.82) is 0 Å². The van der Waals surface area contributed by atoms with Crippen LogP contribution in [0.1, 0.15) is 90.9 Å². The van der Waals surface area contributed by atoms with E-state index in [0.29, 0.717) is 24.4 Å². The molecule has 0 spiro atoms. The molecule has 0 bridgehead atoms. The van der Waals surface area contributed by atoms with E-state index in [-0.39, 0.29) is 0 Å². The highest BCUT2D eigenvalue weighted by molar-refractivity contribution is 4.84. The second kappa shape index (κ2) is 9.04. The van der Waals surface area contributed by atoms with Crippen molar-refractivity contribution < 1.29 is 9.47 Å². The summed E-state index contributed by atoms with van der Waals surface area (Å²) in [5.74, 6) is 0. The third-order valence-electron chi connectivity index (χ3n) is 4.83. The van der Waals surface area contributed by atoms with Gasteiger partial charge in [-0.25, -0.2) is 0 Å². The molecule has 20 heavy (non-hydrogen) atoms. The summed E-state index contributed by atoms with van der Waals surface area (Å²) in [4.78, 5) is 0. The van der Waals surface area contributed by atoms with Crippen LogP contribution >= 0.6 is 0 Å². The van der Waals surface area contributed by atoms with Crippen LogP contribution in [0.4, 0.5) is 0 Å². The highest BCUT2D eigenvalue weighted by atomic mass is 16.6. The van der Waals surface area contributed by atoms with Gasteiger partial charge in [-0.05, 0) is 25.7 Å². The third kappa shape index (κ3) is 6.13. The summed E-state index contributed by atoms with van der Waals surface area (Å²) in [6, 6.07) is 0. The predicted molar refractivity (Wildman–Crippen MR) is 84.1 cm³/mol. The van der Waals surface area contributed by atoms with E-state index in [9.17, 15) is 0 Å². The fraction of sp³-hybridized carbons (Fsp3) is 1.00. The molecular weight excluding hydrogens is 248 g/mol. The molecule has 2 aliphatic rings. The second-order valence-electron chi connectivity index (χ2n) is 6.68. The van der Waals surface area contributed by atoms with Crippen molar-refractivity contribution in [2.45, 2.75) is 115 Å². The standard InChI is InChI=1S/C18H34O2/c1-3-12-16-18(20-16)14-11-9-7-5-6-8-10-13-17-15(4-2)19-17/h15-18H,3-14H2,1-2H3. The maximum absolute atomic E-state index is 5.65. The summed E-state index contributed by atoms with van der Waals surface area (Å²) in [5, 5.41) is 0. The minimum atomic E-state index is 0.608. The number of epoxide rings is 2. The molecule has 0 saturated carbocycles. The van der Waals surface area contributed by atoms with E-state index in [1.54, 1.807) is 0 Å². The third-order valence-corrected chi connectivity index (χ3v) is 4.83. The van der Waals surface area contributed by atoms with E-state index in [2.05, 4.69) is 13.8 Å². The lowest BCUT2D eigenvalue weighted by Crippen LogP contribution is -1.93. The Morgan fingerprint density at radius 1 is 0.550 bits per heavy atom. The molecule has 2 aliphatic heterocycles. The van der Waals surface area contributed by atoms with Gasteiger partial charge < -0.3 is 9.47 Å². The topological polar surface area (TPSA) is 25.1 Å². The number of unbranched alkanes of at least 4 members (excludes halogenated alkanes) is 6. The Balaban J connectivity index is 1.26. The van der Waals surface area contributed by atoms with Crippen molar-refractivity contribution in [3.8, 4) is 0 Å². The SMILES string of the molecule is CCCC1OC1CCCCCCCCCC1OC1CC. The first kappa shape index (κ1) is 16.3. The van der Waals surface area contributed by atoms with Crippen molar-refractivity contribution in [1.82, 2.24) is 0 Å². The zero-order valence-electron chi connectivity index (χ0n) is 13.6. The van der Waals surface area contributed by atoms with E-state index in [4.69, 9.17) is 9.47 Å². The normalized spacial score (nSPS) is 31.5. The van der Waals surface area contributed by atoms with Gasteiger partial charge in [0.15, 0.2) is 0 Å². The van der Waals surface area contributed by atoms with Crippen LogP contribution in [0.2, 0.25) is 0 Å². The summed E-state index contributed by atoms with van der Waals surface area (Å²) >= 11 is 0. The van der Waals surface area contributed by atoms with Crippen LogP contribution in [-0.4, -0.2) is 24.4 Å². The first-order chi connectivity index (χ1) is 9.85. The zero-order chi connectivity index (χ0) is 14.2. The van der Waals surface area contributed by atoms with Crippen molar-refractivity contribution in [3.63, 3.8) is 0 Å². The molecule has 0 aromatic rings. The van der Waals surface area contributed by atoms with Crippen LogP contribution in [0.5, 0.6) is 0 Å². The van der Waals surface area contributed by atoms with Crippen LogP contribution in [0.3, 0.4) is 0 Å². The Kier molecular flexibility index (Phi) is 7.37. The van der Waals surface area contributed by atoms with E-state index in [0.717, 1.165) is 0 Å². The molecule has 2 nitrogen and oxygen atoms in total. The van der Waals surface area contributed by atoms with Gasteiger partial charge in [0.2, 0.25) is 0 Å². The smallest absolute Gasteiger partial charge is 0.0841 e. The van der Waals surface area contributed by atoms with Gasteiger partial charge in [-0.1, -0.05) is 65.2 Å². The van der Waals surface area contributed by atoms with Crippen LogP contribution in [0.25, 0.3) is 0 Å². The van der Waals surface area contributed by atoms with Gasteiger partial charge in [-0.15, -0.1) is 0 Å². The van der Waals surface area contributed by atoms with Crippen LogP contribution in [0, 0.1) is 0 Å². The van der Waals surface area contributed by atoms with E-state index < -0.39 is 0 Å². The number of ether oxygens (including phenoxy) is 2. The van der Waals surface area contributed by atoms with E-state index in [1.165, 1.54) is 77.0 Å².